The van der Waals surface area contributed by atoms with Crippen molar-refractivity contribution in [3.8, 4) is 23.0 Å². The Labute approximate surface area is 173 Å². The zero-order chi connectivity index (χ0) is 19.3. The summed E-state index contributed by atoms with van der Waals surface area (Å²) in [6.45, 7) is 4.07. The Bertz CT molecular complexity index is 1220. The number of fused-ring (bicyclic) bond motifs is 4. The number of phenols is 1. The number of rotatable bonds is 3. The van der Waals surface area contributed by atoms with Crippen molar-refractivity contribution < 1.29 is 40.7 Å². The van der Waals surface area contributed by atoms with E-state index in [4.69, 9.17) is 14.2 Å². The molecule has 2 aromatic heterocycles. The number of halogens is 1. The van der Waals surface area contributed by atoms with Crippen molar-refractivity contribution >= 4 is 27.1 Å². The molecule has 2 aromatic carbocycles. The third kappa shape index (κ3) is 2.71. The van der Waals surface area contributed by atoms with E-state index in [-0.39, 0.29) is 22.7 Å². The molecule has 6 heteroatoms. The number of phenolic OH excluding ortho intramolecular Hbond substituents is 1. The van der Waals surface area contributed by atoms with Crippen LogP contribution in [0.1, 0.15) is 11.3 Å². The molecule has 2 heterocycles. The van der Waals surface area contributed by atoms with Crippen LogP contribution in [-0.4, -0.2) is 26.4 Å². The Hall–Kier alpha value is -2.73. The lowest BCUT2D eigenvalue weighted by molar-refractivity contribution is -0.517. The Balaban J connectivity index is 0.00000225. The van der Waals surface area contributed by atoms with Crippen LogP contribution in [0.3, 0.4) is 0 Å². The van der Waals surface area contributed by atoms with Gasteiger partial charge >= 0.3 is 0 Å². The van der Waals surface area contributed by atoms with Gasteiger partial charge in [-0.2, -0.15) is 4.40 Å². The van der Waals surface area contributed by atoms with E-state index in [1.807, 2.05) is 37.4 Å². The van der Waals surface area contributed by atoms with E-state index in [0.29, 0.717) is 17.2 Å². The maximum Gasteiger partial charge on any atom is 0.222 e. The van der Waals surface area contributed by atoms with Gasteiger partial charge in [-0.25, -0.2) is 0 Å². The molecule has 0 atom stereocenters. The molecule has 0 saturated carbocycles. The van der Waals surface area contributed by atoms with E-state index < -0.39 is 0 Å². The first-order valence-corrected chi connectivity index (χ1v) is 8.70. The summed E-state index contributed by atoms with van der Waals surface area (Å²) in [6.07, 6.45) is 2.02. The SMILES string of the molecule is COc1cc2cc[n+]3c(C)c4c(O)c(OC)ccc4c(C)c3c2cc1OC.[Br-]. The lowest BCUT2D eigenvalue weighted by atomic mass is 9.99. The molecule has 0 bridgehead atoms. The minimum Gasteiger partial charge on any atom is -1.00 e. The van der Waals surface area contributed by atoms with E-state index >= 15 is 0 Å². The normalized spacial score (nSPS) is 10.9. The van der Waals surface area contributed by atoms with Crippen LogP contribution in [0.5, 0.6) is 23.0 Å². The summed E-state index contributed by atoms with van der Waals surface area (Å²) in [7, 11) is 4.84. The van der Waals surface area contributed by atoms with Gasteiger partial charge in [0, 0.05) is 23.9 Å². The predicted octanol–water partition coefficient (Wildman–Crippen LogP) is 1.08. The molecular weight excluding hydrogens is 422 g/mol. The number of ether oxygens (including phenoxy) is 3. The Morgan fingerprint density at radius 3 is 2.11 bits per heavy atom. The molecule has 0 amide bonds. The maximum atomic E-state index is 10.7. The summed E-state index contributed by atoms with van der Waals surface area (Å²) in [6, 6.07) is 9.83. The standard InChI is InChI=1S/C22H21NO4.BrH/c1-12-15-6-7-17(25-3)22(24)20(15)13(2)23-9-8-14-10-18(26-4)19(27-5)11-16(14)21(12)23;/h6-11H,1-5H3;1H. The van der Waals surface area contributed by atoms with Gasteiger partial charge in [0.25, 0.3) is 0 Å². The van der Waals surface area contributed by atoms with E-state index in [0.717, 1.165) is 38.3 Å². The Morgan fingerprint density at radius 1 is 0.821 bits per heavy atom. The summed E-state index contributed by atoms with van der Waals surface area (Å²) in [4.78, 5) is 0. The summed E-state index contributed by atoms with van der Waals surface area (Å²) in [5.41, 5.74) is 3.09. The number of aryl methyl sites for hydroxylation is 2. The molecule has 0 radical (unpaired) electrons. The predicted molar refractivity (Wildman–Crippen MR) is 105 cm³/mol. The van der Waals surface area contributed by atoms with Crippen LogP contribution in [0.25, 0.3) is 27.1 Å². The minimum atomic E-state index is 0. The van der Waals surface area contributed by atoms with Gasteiger partial charge in [0.2, 0.25) is 5.52 Å². The topological polar surface area (TPSA) is 52.0 Å². The fraction of sp³-hybridized carbons (Fsp3) is 0.227. The van der Waals surface area contributed by atoms with Crippen molar-refractivity contribution in [3.05, 3.63) is 47.8 Å². The molecule has 0 fully saturated rings. The van der Waals surface area contributed by atoms with Crippen LogP contribution in [0, 0.1) is 13.8 Å². The summed E-state index contributed by atoms with van der Waals surface area (Å²) >= 11 is 0. The number of hydrogen-bond acceptors (Lipinski definition) is 4. The molecule has 146 valence electrons. The van der Waals surface area contributed by atoms with Gasteiger partial charge in [0.05, 0.1) is 32.1 Å². The molecule has 4 aromatic rings. The largest absolute Gasteiger partial charge is 1.00 e. The molecule has 5 nitrogen and oxygen atoms in total. The number of nitrogens with zero attached hydrogens (tertiary/aromatic N) is 1. The van der Waals surface area contributed by atoms with Gasteiger partial charge < -0.3 is 36.3 Å². The molecule has 0 aliphatic carbocycles. The van der Waals surface area contributed by atoms with Gasteiger partial charge in [-0.05, 0) is 36.6 Å². The van der Waals surface area contributed by atoms with E-state index in [9.17, 15) is 5.11 Å². The van der Waals surface area contributed by atoms with Gasteiger partial charge in [-0.1, -0.05) is 0 Å². The summed E-state index contributed by atoms with van der Waals surface area (Å²) in [5, 5.41) is 14.6. The molecule has 0 aliphatic rings. The third-order valence-corrected chi connectivity index (χ3v) is 5.30. The molecule has 0 spiro atoms. The first-order chi connectivity index (χ1) is 13.0. The zero-order valence-electron chi connectivity index (χ0n) is 16.5. The van der Waals surface area contributed by atoms with Crippen LogP contribution < -0.4 is 35.6 Å². The second kappa shape index (κ2) is 7.36. The Kier molecular flexibility index (Phi) is 5.26. The molecule has 0 aliphatic heterocycles. The van der Waals surface area contributed by atoms with Crippen molar-refractivity contribution in [2.24, 2.45) is 0 Å². The molecule has 4 rings (SSSR count). The molecule has 0 saturated heterocycles. The molecular formula is C22H22BrNO4. The Morgan fingerprint density at radius 2 is 1.46 bits per heavy atom. The highest BCUT2D eigenvalue weighted by Gasteiger charge is 2.23. The van der Waals surface area contributed by atoms with Gasteiger partial charge in [0.1, 0.15) is 0 Å². The fourth-order valence-electron chi connectivity index (χ4n) is 3.92. The average Bonchev–Trinajstić information content (AvgIpc) is 2.69. The highest BCUT2D eigenvalue weighted by molar-refractivity contribution is 6.03. The third-order valence-electron chi connectivity index (χ3n) is 5.30. The minimum absolute atomic E-state index is 0. The van der Waals surface area contributed by atoms with E-state index in [1.54, 1.807) is 27.4 Å². The van der Waals surface area contributed by atoms with Crippen molar-refractivity contribution in [2.45, 2.75) is 13.8 Å². The van der Waals surface area contributed by atoms with Crippen molar-refractivity contribution in [1.82, 2.24) is 0 Å². The highest BCUT2D eigenvalue weighted by Crippen LogP contribution is 2.39. The van der Waals surface area contributed by atoms with Gasteiger partial charge in [0.15, 0.2) is 34.9 Å². The van der Waals surface area contributed by atoms with Crippen LogP contribution in [0.15, 0.2) is 36.5 Å². The van der Waals surface area contributed by atoms with E-state index in [2.05, 4.69) is 11.3 Å². The quantitative estimate of drug-likeness (QED) is 0.292. The van der Waals surface area contributed by atoms with Crippen molar-refractivity contribution in [3.63, 3.8) is 0 Å². The smallest absolute Gasteiger partial charge is 0.222 e. The maximum absolute atomic E-state index is 10.7. The summed E-state index contributed by atoms with van der Waals surface area (Å²) < 4.78 is 18.4. The second-order valence-electron chi connectivity index (χ2n) is 6.58. The van der Waals surface area contributed by atoms with E-state index in [1.165, 1.54) is 0 Å². The molecule has 0 unspecified atom stereocenters. The van der Waals surface area contributed by atoms with Crippen LogP contribution >= 0.6 is 0 Å². The number of methoxy groups -OCH3 is 3. The number of aromatic nitrogens is 1. The number of hydrogen-bond donors (Lipinski definition) is 1. The van der Waals surface area contributed by atoms with Gasteiger partial charge in [-0.15, -0.1) is 0 Å². The lowest BCUT2D eigenvalue weighted by Crippen LogP contribution is -3.00. The lowest BCUT2D eigenvalue weighted by Gasteiger charge is -2.13. The first kappa shape index (κ1) is 20.0. The van der Waals surface area contributed by atoms with Crippen LogP contribution in [0.2, 0.25) is 0 Å². The zero-order valence-corrected chi connectivity index (χ0v) is 18.0. The summed E-state index contributed by atoms with van der Waals surface area (Å²) in [5.74, 6) is 2.02. The highest BCUT2D eigenvalue weighted by atomic mass is 79.9. The van der Waals surface area contributed by atoms with Crippen LogP contribution in [-0.2, 0) is 0 Å². The fourth-order valence-corrected chi connectivity index (χ4v) is 3.92. The van der Waals surface area contributed by atoms with Crippen LogP contribution in [0.4, 0.5) is 0 Å². The average molecular weight is 444 g/mol. The second-order valence-corrected chi connectivity index (χ2v) is 6.58. The monoisotopic (exact) mass is 443 g/mol. The number of pyridine rings is 2. The first-order valence-electron chi connectivity index (χ1n) is 8.70. The van der Waals surface area contributed by atoms with Gasteiger partial charge in [-0.3, -0.25) is 0 Å². The molecule has 28 heavy (non-hydrogen) atoms. The molecule has 1 N–H and O–H groups in total. The number of aromatic hydroxyl groups is 1. The number of benzene rings is 2. The van der Waals surface area contributed by atoms with Crippen molar-refractivity contribution in [2.75, 3.05) is 21.3 Å². The van der Waals surface area contributed by atoms with Crippen molar-refractivity contribution in [1.29, 1.82) is 0 Å².